The molecule has 0 saturated carbocycles. The molecule has 1 amide bonds. The van der Waals surface area contributed by atoms with E-state index in [0.29, 0.717) is 12.4 Å². The molecule has 2 N–H and O–H groups in total. The van der Waals surface area contributed by atoms with Crippen LogP contribution in [0.1, 0.15) is 30.6 Å². The van der Waals surface area contributed by atoms with Crippen LogP contribution < -0.4 is 10.6 Å². The number of anilines is 1. The SMILES string of the molecule is CCNc1cc(C(=O)NC(C)CC(F)(F)F)cc(Cl)n1. The van der Waals surface area contributed by atoms with Gasteiger partial charge in [-0.2, -0.15) is 13.2 Å². The van der Waals surface area contributed by atoms with Gasteiger partial charge in [0.15, 0.2) is 0 Å². The van der Waals surface area contributed by atoms with Gasteiger partial charge in [0.1, 0.15) is 11.0 Å². The fourth-order valence-electron chi connectivity index (χ4n) is 1.61. The van der Waals surface area contributed by atoms with E-state index in [4.69, 9.17) is 11.6 Å². The zero-order valence-corrected chi connectivity index (χ0v) is 11.8. The smallest absolute Gasteiger partial charge is 0.370 e. The van der Waals surface area contributed by atoms with Gasteiger partial charge in [0.2, 0.25) is 0 Å². The Labute approximate surface area is 119 Å². The Morgan fingerprint density at radius 3 is 2.65 bits per heavy atom. The fraction of sp³-hybridized carbons (Fsp3) is 0.500. The molecule has 112 valence electrons. The van der Waals surface area contributed by atoms with Crippen molar-refractivity contribution in [3.8, 4) is 0 Å². The molecule has 0 aromatic carbocycles. The van der Waals surface area contributed by atoms with Crippen molar-refractivity contribution in [2.45, 2.75) is 32.5 Å². The highest BCUT2D eigenvalue weighted by Crippen LogP contribution is 2.21. The van der Waals surface area contributed by atoms with E-state index in [1.165, 1.54) is 19.1 Å². The second-order valence-electron chi connectivity index (χ2n) is 4.29. The average Bonchev–Trinajstić information content (AvgIpc) is 2.25. The van der Waals surface area contributed by atoms with E-state index in [1.54, 1.807) is 0 Å². The van der Waals surface area contributed by atoms with E-state index in [0.717, 1.165) is 0 Å². The van der Waals surface area contributed by atoms with Gasteiger partial charge in [-0.1, -0.05) is 11.6 Å². The van der Waals surface area contributed by atoms with Crippen molar-refractivity contribution < 1.29 is 18.0 Å². The number of hydrogen-bond donors (Lipinski definition) is 2. The van der Waals surface area contributed by atoms with E-state index >= 15 is 0 Å². The normalized spacial score (nSPS) is 12.9. The van der Waals surface area contributed by atoms with Crippen LogP contribution in [0.2, 0.25) is 5.15 Å². The highest BCUT2D eigenvalue weighted by Gasteiger charge is 2.30. The van der Waals surface area contributed by atoms with E-state index in [9.17, 15) is 18.0 Å². The predicted octanol–water partition coefficient (Wildman–Crippen LogP) is 3.24. The van der Waals surface area contributed by atoms with E-state index in [1.807, 2.05) is 6.92 Å². The first-order chi connectivity index (χ1) is 9.21. The van der Waals surface area contributed by atoms with E-state index in [2.05, 4.69) is 15.6 Å². The van der Waals surface area contributed by atoms with Crippen molar-refractivity contribution in [1.29, 1.82) is 0 Å². The number of carbonyl (C=O) groups is 1. The lowest BCUT2D eigenvalue weighted by Crippen LogP contribution is -2.36. The molecule has 0 saturated heterocycles. The molecular formula is C12H15ClF3N3O. The van der Waals surface area contributed by atoms with Crippen LogP contribution >= 0.6 is 11.6 Å². The summed E-state index contributed by atoms with van der Waals surface area (Å²) < 4.78 is 36.6. The van der Waals surface area contributed by atoms with Crippen LogP contribution in [0.3, 0.4) is 0 Å². The molecule has 0 spiro atoms. The van der Waals surface area contributed by atoms with Gasteiger partial charge >= 0.3 is 6.18 Å². The second kappa shape index (κ2) is 6.78. The van der Waals surface area contributed by atoms with Crippen molar-refractivity contribution >= 4 is 23.3 Å². The quantitative estimate of drug-likeness (QED) is 0.821. The molecule has 1 aromatic heterocycles. The molecule has 1 unspecified atom stereocenters. The number of alkyl halides is 3. The fourth-order valence-corrected chi connectivity index (χ4v) is 1.81. The Hall–Kier alpha value is -1.50. The highest BCUT2D eigenvalue weighted by atomic mass is 35.5. The minimum atomic E-state index is -4.32. The van der Waals surface area contributed by atoms with Crippen molar-refractivity contribution in [3.63, 3.8) is 0 Å². The van der Waals surface area contributed by atoms with Gasteiger partial charge in [-0.15, -0.1) is 0 Å². The molecule has 0 aliphatic carbocycles. The molecular weight excluding hydrogens is 295 g/mol. The van der Waals surface area contributed by atoms with E-state index < -0.39 is 24.5 Å². The van der Waals surface area contributed by atoms with Crippen molar-refractivity contribution in [3.05, 3.63) is 22.8 Å². The van der Waals surface area contributed by atoms with Crippen LogP contribution in [0.25, 0.3) is 0 Å². The third kappa shape index (κ3) is 5.64. The van der Waals surface area contributed by atoms with Crippen LogP contribution in [0.15, 0.2) is 12.1 Å². The van der Waals surface area contributed by atoms with E-state index in [-0.39, 0.29) is 10.7 Å². The van der Waals surface area contributed by atoms with Gasteiger partial charge in [-0.05, 0) is 26.0 Å². The second-order valence-corrected chi connectivity index (χ2v) is 4.68. The summed E-state index contributed by atoms with van der Waals surface area (Å²) in [5.74, 6) is -0.223. The van der Waals surface area contributed by atoms with Crippen LogP contribution in [-0.4, -0.2) is 29.7 Å². The molecule has 1 atom stereocenters. The summed E-state index contributed by atoms with van der Waals surface area (Å²) in [6.07, 6.45) is -5.41. The number of carbonyl (C=O) groups excluding carboxylic acids is 1. The molecule has 1 heterocycles. The zero-order valence-electron chi connectivity index (χ0n) is 11.0. The Kier molecular flexibility index (Phi) is 5.62. The summed E-state index contributed by atoms with van der Waals surface area (Å²) in [4.78, 5) is 15.8. The summed E-state index contributed by atoms with van der Waals surface area (Å²) >= 11 is 5.76. The number of halogens is 4. The molecule has 0 bridgehead atoms. The summed E-state index contributed by atoms with van der Waals surface area (Å²) in [6, 6.07) is 1.72. The maximum atomic E-state index is 12.2. The maximum Gasteiger partial charge on any atom is 0.391 e. The molecule has 0 fully saturated rings. The molecule has 1 rings (SSSR count). The third-order valence-electron chi connectivity index (χ3n) is 2.33. The third-order valence-corrected chi connectivity index (χ3v) is 2.52. The largest absolute Gasteiger partial charge is 0.391 e. The van der Waals surface area contributed by atoms with Crippen molar-refractivity contribution in [2.75, 3.05) is 11.9 Å². The van der Waals surface area contributed by atoms with Gasteiger partial charge in [0.05, 0.1) is 6.42 Å². The maximum absolute atomic E-state index is 12.2. The Morgan fingerprint density at radius 1 is 1.45 bits per heavy atom. The van der Waals surface area contributed by atoms with Gasteiger partial charge in [0.25, 0.3) is 5.91 Å². The lowest BCUT2D eigenvalue weighted by Gasteiger charge is -2.16. The van der Waals surface area contributed by atoms with Gasteiger partial charge in [0, 0.05) is 18.2 Å². The first kappa shape index (κ1) is 16.6. The monoisotopic (exact) mass is 309 g/mol. The molecule has 0 radical (unpaired) electrons. The number of nitrogens with zero attached hydrogens (tertiary/aromatic N) is 1. The first-order valence-electron chi connectivity index (χ1n) is 6.00. The van der Waals surface area contributed by atoms with Crippen LogP contribution in [0.5, 0.6) is 0 Å². The number of aromatic nitrogens is 1. The minimum absolute atomic E-state index is 0.0945. The molecule has 4 nitrogen and oxygen atoms in total. The Balaban J connectivity index is 2.76. The van der Waals surface area contributed by atoms with Gasteiger partial charge in [-0.3, -0.25) is 4.79 Å². The Bertz CT molecular complexity index is 480. The minimum Gasteiger partial charge on any atom is -0.370 e. The summed E-state index contributed by atoms with van der Waals surface area (Å²) in [5, 5.41) is 5.25. The molecule has 0 aliphatic heterocycles. The highest BCUT2D eigenvalue weighted by molar-refractivity contribution is 6.29. The number of pyridine rings is 1. The van der Waals surface area contributed by atoms with Crippen LogP contribution in [-0.2, 0) is 0 Å². The van der Waals surface area contributed by atoms with Crippen LogP contribution in [0.4, 0.5) is 19.0 Å². The number of hydrogen-bond acceptors (Lipinski definition) is 3. The summed E-state index contributed by atoms with van der Waals surface area (Å²) in [6.45, 7) is 3.71. The molecule has 0 aliphatic rings. The molecule has 8 heteroatoms. The van der Waals surface area contributed by atoms with Crippen LogP contribution in [0, 0.1) is 0 Å². The molecule has 20 heavy (non-hydrogen) atoms. The first-order valence-corrected chi connectivity index (χ1v) is 6.38. The van der Waals surface area contributed by atoms with Crippen molar-refractivity contribution in [2.24, 2.45) is 0 Å². The Morgan fingerprint density at radius 2 is 2.10 bits per heavy atom. The zero-order chi connectivity index (χ0) is 15.3. The number of nitrogens with one attached hydrogen (secondary N) is 2. The molecule has 1 aromatic rings. The van der Waals surface area contributed by atoms with Gasteiger partial charge < -0.3 is 10.6 Å². The number of rotatable bonds is 5. The summed E-state index contributed by atoms with van der Waals surface area (Å²) in [5.41, 5.74) is 0.162. The lowest BCUT2D eigenvalue weighted by atomic mass is 10.2. The predicted molar refractivity (Wildman–Crippen MR) is 71.0 cm³/mol. The number of amides is 1. The lowest BCUT2D eigenvalue weighted by molar-refractivity contribution is -0.138. The standard InChI is InChI=1S/C12H15ClF3N3O/c1-3-17-10-5-8(4-9(13)19-10)11(20)18-7(2)6-12(14,15)16/h4-5,7H,3,6H2,1-2H3,(H,17,19)(H,18,20). The van der Waals surface area contributed by atoms with Crippen molar-refractivity contribution in [1.82, 2.24) is 10.3 Å². The van der Waals surface area contributed by atoms with Gasteiger partial charge in [-0.25, -0.2) is 4.98 Å². The topological polar surface area (TPSA) is 54.0 Å². The summed E-state index contributed by atoms with van der Waals surface area (Å²) in [7, 11) is 0. The average molecular weight is 310 g/mol.